The van der Waals surface area contributed by atoms with Crippen molar-refractivity contribution in [3.05, 3.63) is 17.6 Å². The maximum atomic E-state index is 5.79. The van der Waals surface area contributed by atoms with Gasteiger partial charge in [-0.2, -0.15) is 0 Å². The summed E-state index contributed by atoms with van der Waals surface area (Å²) in [5.74, 6) is 2.85. The average Bonchev–Trinajstić information content (AvgIpc) is 2.47. The highest BCUT2D eigenvalue weighted by Gasteiger charge is 2.24. The van der Waals surface area contributed by atoms with Crippen LogP contribution in [0.2, 0.25) is 0 Å². The zero-order valence-electron chi connectivity index (χ0n) is 9.81. The van der Waals surface area contributed by atoms with Gasteiger partial charge in [0, 0.05) is 17.9 Å². The van der Waals surface area contributed by atoms with E-state index in [1.807, 2.05) is 6.07 Å². The fourth-order valence-electron chi connectivity index (χ4n) is 1.47. The first-order chi connectivity index (χ1) is 6.49. The first kappa shape index (κ1) is 11.2. The van der Waals surface area contributed by atoms with Crippen LogP contribution in [0.4, 0.5) is 0 Å². The number of methoxy groups -OCH3 is 1. The standard InChI is InChI=1S/C12H20O2/c1-6-7-9-8-10(13-5)11(14-9)12(2,3)4/h8H,6-7H2,1-5H3. The van der Waals surface area contributed by atoms with Crippen molar-refractivity contribution in [2.45, 2.75) is 46.0 Å². The lowest BCUT2D eigenvalue weighted by molar-refractivity contribution is 0.342. The second-order valence-electron chi connectivity index (χ2n) is 4.61. The molecule has 0 fully saturated rings. The number of ether oxygens (including phenoxy) is 1. The highest BCUT2D eigenvalue weighted by molar-refractivity contribution is 5.33. The Hall–Kier alpha value is -0.920. The van der Waals surface area contributed by atoms with E-state index in [0.29, 0.717) is 0 Å². The lowest BCUT2D eigenvalue weighted by atomic mass is 9.93. The van der Waals surface area contributed by atoms with Gasteiger partial charge in [-0.05, 0) is 6.42 Å². The van der Waals surface area contributed by atoms with Crippen molar-refractivity contribution in [1.29, 1.82) is 0 Å². The summed E-state index contributed by atoms with van der Waals surface area (Å²) in [7, 11) is 1.69. The molecule has 2 nitrogen and oxygen atoms in total. The summed E-state index contributed by atoms with van der Waals surface area (Å²) >= 11 is 0. The van der Waals surface area contributed by atoms with Crippen LogP contribution in [-0.2, 0) is 11.8 Å². The first-order valence-electron chi connectivity index (χ1n) is 5.16. The maximum absolute atomic E-state index is 5.79. The summed E-state index contributed by atoms with van der Waals surface area (Å²) in [5.41, 5.74) is 0.0112. The maximum Gasteiger partial charge on any atom is 0.160 e. The minimum Gasteiger partial charge on any atom is -0.493 e. The lowest BCUT2D eigenvalue weighted by Gasteiger charge is -2.16. The third kappa shape index (κ3) is 2.31. The van der Waals surface area contributed by atoms with Crippen LogP contribution in [0, 0.1) is 0 Å². The van der Waals surface area contributed by atoms with Gasteiger partial charge in [-0.15, -0.1) is 0 Å². The Kier molecular flexibility index (Phi) is 3.25. The van der Waals surface area contributed by atoms with Crippen molar-refractivity contribution < 1.29 is 9.15 Å². The van der Waals surface area contributed by atoms with E-state index in [1.165, 1.54) is 0 Å². The van der Waals surface area contributed by atoms with Crippen molar-refractivity contribution in [3.63, 3.8) is 0 Å². The topological polar surface area (TPSA) is 22.4 Å². The summed E-state index contributed by atoms with van der Waals surface area (Å²) in [5, 5.41) is 0. The molecular weight excluding hydrogens is 176 g/mol. The molecule has 0 aliphatic carbocycles. The molecule has 80 valence electrons. The SMILES string of the molecule is CCCc1cc(OC)c(C(C)(C)C)o1. The Morgan fingerprint density at radius 2 is 2.00 bits per heavy atom. The molecule has 0 atom stereocenters. The summed E-state index contributed by atoms with van der Waals surface area (Å²) in [6, 6.07) is 2.00. The highest BCUT2D eigenvalue weighted by Crippen LogP contribution is 2.34. The second kappa shape index (κ2) is 4.07. The van der Waals surface area contributed by atoms with Crippen LogP contribution in [0.15, 0.2) is 10.5 Å². The Morgan fingerprint density at radius 3 is 2.36 bits per heavy atom. The van der Waals surface area contributed by atoms with Gasteiger partial charge in [0.15, 0.2) is 11.5 Å². The van der Waals surface area contributed by atoms with Crippen LogP contribution in [-0.4, -0.2) is 7.11 Å². The second-order valence-corrected chi connectivity index (χ2v) is 4.61. The molecule has 0 aromatic carbocycles. The number of furan rings is 1. The molecule has 0 aliphatic rings. The summed E-state index contributed by atoms with van der Waals surface area (Å²) in [6.07, 6.45) is 2.08. The summed E-state index contributed by atoms with van der Waals surface area (Å²) in [4.78, 5) is 0. The quantitative estimate of drug-likeness (QED) is 0.737. The molecule has 0 radical (unpaired) electrons. The van der Waals surface area contributed by atoms with Gasteiger partial charge in [0.05, 0.1) is 7.11 Å². The smallest absolute Gasteiger partial charge is 0.160 e. The van der Waals surface area contributed by atoms with Crippen molar-refractivity contribution in [2.75, 3.05) is 7.11 Å². The number of hydrogen-bond donors (Lipinski definition) is 0. The third-order valence-electron chi connectivity index (χ3n) is 2.15. The van der Waals surface area contributed by atoms with E-state index >= 15 is 0 Å². The molecule has 0 N–H and O–H groups in total. The summed E-state index contributed by atoms with van der Waals surface area (Å²) < 4.78 is 11.1. The van der Waals surface area contributed by atoms with Gasteiger partial charge >= 0.3 is 0 Å². The van der Waals surface area contributed by atoms with Gasteiger partial charge in [0.25, 0.3) is 0 Å². The lowest BCUT2D eigenvalue weighted by Crippen LogP contribution is -2.10. The van der Waals surface area contributed by atoms with Crippen molar-refractivity contribution in [2.24, 2.45) is 0 Å². The van der Waals surface area contributed by atoms with Crippen LogP contribution in [0.3, 0.4) is 0 Å². The third-order valence-corrected chi connectivity index (χ3v) is 2.15. The molecule has 0 unspecified atom stereocenters. The van der Waals surface area contributed by atoms with E-state index in [4.69, 9.17) is 9.15 Å². The van der Waals surface area contributed by atoms with E-state index in [9.17, 15) is 0 Å². The zero-order valence-corrected chi connectivity index (χ0v) is 9.81. The molecule has 0 saturated carbocycles. The molecule has 0 saturated heterocycles. The summed E-state index contributed by atoms with van der Waals surface area (Å²) in [6.45, 7) is 8.53. The number of rotatable bonds is 3. The van der Waals surface area contributed by atoms with E-state index in [2.05, 4.69) is 27.7 Å². The Labute approximate surface area is 86.3 Å². The molecule has 14 heavy (non-hydrogen) atoms. The number of hydrogen-bond acceptors (Lipinski definition) is 2. The van der Waals surface area contributed by atoms with Gasteiger partial charge < -0.3 is 9.15 Å². The molecule has 0 aliphatic heterocycles. The molecule has 2 heteroatoms. The van der Waals surface area contributed by atoms with Gasteiger partial charge in [-0.3, -0.25) is 0 Å². The molecule has 0 amide bonds. The van der Waals surface area contributed by atoms with E-state index < -0.39 is 0 Å². The van der Waals surface area contributed by atoms with Crippen LogP contribution < -0.4 is 4.74 Å². The Balaban J connectivity index is 3.02. The van der Waals surface area contributed by atoms with Crippen molar-refractivity contribution in [1.82, 2.24) is 0 Å². The molecule has 1 rings (SSSR count). The number of aryl methyl sites for hydroxylation is 1. The predicted molar refractivity (Wildman–Crippen MR) is 58.0 cm³/mol. The fraction of sp³-hybridized carbons (Fsp3) is 0.667. The van der Waals surface area contributed by atoms with E-state index in [-0.39, 0.29) is 5.41 Å². The predicted octanol–water partition coefficient (Wildman–Crippen LogP) is 3.54. The van der Waals surface area contributed by atoms with Crippen molar-refractivity contribution >= 4 is 0 Å². The highest BCUT2D eigenvalue weighted by atomic mass is 16.5. The minimum atomic E-state index is 0.0112. The fourth-order valence-corrected chi connectivity index (χ4v) is 1.47. The molecular formula is C12H20O2. The van der Waals surface area contributed by atoms with Gasteiger partial charge in [-0.25, -0.2) is 0 Å². The molecule has 1 aromatic heterocycles. The molecule has 0 spiro atoms. The molecule has 0 bridgehead atoms. The van der Waals surface area contributed by atoms with Crippen LogP contribution >= 0.6 is 0 Å². The zero-order chi connectivity index (χ0) is 10.8. The van der Waals surface area contributed by atoms with E-state index in [0.717, 1.165) is 30.1 Å². The van der Waals surface area contributed by atoms with Crippen LogP contribution in [0.1, 0.15) is 45.6 Å². The van der Waals surface area contributed by atoms with Gasteiger partial charge in [-0.1, -0.05) is 27.7 Å². The molecule has 1 aromatic rings. The normalized spacial score (nSPS) is 11.8. The van der Waals surface area contributed by atoms with Gasteiger partial charge in [0.2, 0.25) is 0 Å². The monoisotopic (exact) mass is 196 g/mol. The van der Waals surface area contributed by atoms with Crippen LogP contribution in [0.25, 0.3) is 0 Å². The minimum absolute atomic E-state index is 0.0112. The first-order valence-corrected chi connectivity index (χ1v) is 5.16. The van der Waals surface area contributed by atoms with Gasteiger partial charge in [0.1, 0.15) is 5.76 Å². The van der Waals surface area contributed by atoms with Crippen LogP contribution in [0.5, 0.6) is 5.75 Å². The Morgan fingerprint density at radius 1 is 1.36 bits per heavy atom. The average molecular weight is 196 g/mol. The molecule has 1 heterocycles. The Bertz CT molecular complexity index is 292. The van der Waals surface area contributed by atoms with Crippen molar-refractivity contribution in [3.8, 4) is 5.75 Å². The van der Waals surface area contributed by atoms with E-state index in [1.54, 1.807) is 7.11 Å². The largest absolute Gasteiger partial charge is 0.493 e.